The van der Waals surface area contributed by atoms with Gasteiger partial charge in [0.25, 0.3) is 20.2 Å². The van der Waals surface area contributed by atoms with Crippen LogP contribution < -0.4 is 0 Å². The highest BCUT2D eigenvalue weighted by Crippen LogP contribution is 2.48. The fourth-order valence-electron chi connectivity index (χ4n) is 2.54. The summed E-state index contributed by atoms with van der Waals surface area (Å²) in [6, 6.07) is 0. The number of rotatable bonds is 3. The summed E-state index contributed by atoms with van der Waals surface area (Å²) in [4.78, 5) is 0. The van der Waals surface area contributed by atoms with Crippen LogP contribution in [0.5, 0.6) is 0 Å². The zero-order chi connectivity index (χ0) is 12.4. The molecule has 96 valence electrons. The Morgan fingerprint density at radius 3 is 2.71 bits per heavy atom. The second-order valence-electron chi connectivity index (χ2n) is 4.19. The molecule has 7 nitrogen and oxygen atoms in total. The van der Waals surface area contributed by atoms with Crippen LogP contribution >= 0.6 is 0 Å². The van der Waals surface area contributed by atoms with Gasteiger partial charge in [0.1, 0.15) is 23.6 Å². The van der Waals surface area contributed by atoms with E-state index in [9.17, 15) is 16.8 Å². The fraction of sp³-hybridized carbons (Fsp3) is 0.750. The lowest BCUT2D eigenvalue weighted by atomic mass is 9.95. The molecule has 0 radical (unpaired) electrons. The predicted molar refractivity (Wildman–Crippen MR) is 54.8 cm³/mol. The first-order valence-corrected chi connectivity index (χ1v) is 7.92. The molecule has 0 aromatic heterocycles. The summed E-state index contributed by atoms with van der Waals surface area (Å²) >= 11 is 0. The molecule has 3 saturated heterocycles. The van der Waals surface area contributed by atoms with Crippen LogP contribution in [0.4, 0.5) is 0 Å². The molecule has 3 rings (SSSR count). The van der Waals surface area contributed by atoms with Crippen LogP contribution in [0.3, 0.4) is 0 Å². The van der Waals surface area contributed by atoms with Gasteiger partial charge in [0.15, 0.2) is 0 Å². The van der Waals surface area contributed by atoms with Gasteiger partial charge in [0.05, 0.1) is 11.5 Å². The zero-order valence-corrected chi connectivity index (χ0v) is 10.2. The van der Waals surface area contributed by atoms with Gasteiger partial charge in [-0.25, -0.2) is 0 Å². The van der Waals surface area contributed by atoms with E-state index in [2.05, 4.69) is 6.58 Å². The molecular weight excluding hydrogens is 272 g/mol. The molecule has 0 N–H and O–H groups in total. The Bertz CT molecular complexity index is 563. The minimum absolute atomic E-state index is 0.209. The minimum atomic E-state index is -3.88. The van der Waals surface area contributed by atoms with Gasteiger partial charge in [-0.15, -0.1) is 0 Å². The van der Waals surface area contributed by atoms with Gasteiger partial charge in [-0.1, -0.05) is 6.58 Å². The van der Waals surface area contributed by atoms with Crippen molar-refractivity contribution in [2.24, 2.45) is 0 Å². The van der Waals surface area contributed by atoms with Gasteiger partial charge in [-0.3, -0.25) is 8.37 Å². The van der Waals surface area contributed by atoms with Crippen LogP contribution in [0.2, 0.25) is 0 Å². The molecule has 0 aromatic rings. The SMILES string of the molecule is C=CS(=O)(=O)OC1C2CC3C(O2)C1OS3(=O)=O. The van der Waals surface area contributed by atoms with E-state index in [4.69, 9.17) is 13.1 Å². The van der Waals surface area contributed by atoms with Crippen LogP contribution in [0, 0.1) is 0 Å². The lowest BCUT2D eigenvalue weighted by molar-refractivity contribution is 0.0635. The lowest BCUT2D eigenvalue weighted by Gasteiger charge is -2.20. The van der Waals surface area contributed by atoms with Crippen LogP contribution in [-0.4, -0.2) is 46.5 Å². The maximum absolute atomic E-state index is 11.5. The highest BCUT2D eigenvalue weighted by Gasteiger charge is 2.67. The summed E-state index contributed by atoms with van der Waals surface area (Å²) in [5.41, 5.74) is 0. The summed E-state index contributed by atoms with van der Waals surface area (Å²) in [7, 11) is -7.53. The van der Waals surface area contributed by atoms with Crippen molar-refractivity contribution in [3.8, 4) is 0 Å². The van der Waals surface area contributed by atoms with Gasteiger partial charge >= 0.3 is 0 Å². The molecule has 9 heteroatoms. The van der Waals surface area contributed by atoms with E-state index in [-0.39, 0.29) is 6.42 Å². The van der Waals surface area contributed by atoms with Crippen molar-refractivity contribution < 1.29 is 29.9 Å². The summed E-state index contributed by atoms with van der Waals surface area (Å²) in [5.74, 6) is 0. The Morgan fingerprint density at radius 1 is 1.35 bits per heavy atom. The Hall–Kier alpha value is -0.480. The molecule has 5 atom stereocenters. The Balaban J connectivity index is 1.90. The molecule has 3 heterocycles. The van der Waals surface area contributed by atoms with E-state index in [1.165, 1.54) is 0 Å². The van der Waals surface area contributed by atoms with Crippen LogP contribution in [0.25, 0.3) is 0 Å². The molecule has 3 aliphatic rings. The quantitative estimate of drug-likeness (QED) is 0.620. The third-order valence-electron chi connectivity index (χ3n) is 3.24. The largest absolute Gasteiger partial charge is 0.368 e. The highest BCUT2D eigenvalue weighted by molar-refractivity contribution is 7.89. The maximum atomic E-state index is 11.5. The summed E-state index contributed by atoms with van der Waals surface area (Å²) in [5, 5.41) is -0.0243. The molecule has 17 heavy (non-hydrogen) atoms. The molecule has 5 unspecified atom stereocenters. The number of ether oxygens (including phenoxy) is 1. The van der Waals surface area contributed by atoms with Crippen molar-refractivity contribution >= 4 is 20.2 Å². The molecule has 0 aromatic carbocycles. The average molecular weight is 282 g/mol. The van der Waals surface area contributed by atoms with Gasteiger partial charge in [0, 0.05) is 0 Å². The Morgan fingerprint density at radius 2 is 2.06 bits per heavy atom. The van der Waals surface area contributed by atoms with Crippen molar-refractivity contribution in [1.82, 2.24) is 0 Å². The smallest absolute Gasteiger partial charge is 0.289 e. The first kappa shape index (κ1) is 11.6. The zero-order valence-electron chi connectivity index (χ0n) is 8.55. The first-order valence-electron chi connectivity index (χ1n) is 4.97. The predicted octanol–water partition coefficient (Wildman–Crippen LogP) is -0.887. The van der Waals surface area contributed by atoms with Gasteiger partial charge in [-0.05, 0) is 6.42 Å². The summed E-state index contributed by atoms with van der Waals surface area (Å²) in [6.07, 6.45) is -2.73. The van der Waals surface area contributed by atoms with Crippen LogP contribution in [-0.2, 0) is 33.3 Å². The van der Waals surface area contributed by atoms with Crippen LogP contribution in [0.1, 0.15) is 6.42 Å². The topological polar surface area (TPSA) is 96.0 Å². The number of fused-ring (bicyclic) bond motifs is 1. The van der Waals surface area contributed by atoms with E-state index in [0.717, 1.165) is 0 Å². The second-order valence-corrected chi connectivity index (χ2v) is 7.48. The van der Waals surface area contributed by atoms with Crippen molar-refractivity contribution in [3.63, 3.8) is 0 Å². The van der Waals surface area contributed by atoms with Gasteiger partial charge < -0.3 is 4.74 Å². The molecular formula is C8H10O7S2. The van der Waals surface area contributed by atoms with E-state index < -0.39 is 49.9 Å². The molecule has 0 aliphatic carbocycles. The first-order chi connectivity index (χ1) is 7.84. The van der Waals surface area contributed by atoms with E-state index in [1.54, 1.807) is 0 Å². The summed E-state index contributed by atoms with van der Waals surface area (Å²) < 4.78 is 60.7. The lowest BCUT2D eigenvalue weighted by Crippen LogP contribution is -2.41. The van der Waals surface area contributed by atoms with E-state index >= 15 is 0 Å². The standard InChI is InChI=1S/C8H10O7S2/c1-2-16(9,10)14-6-4-3-5-7(13-4)8(6)15-17(5,11)12/h2,4-8H,1,3H2. The second kappa shape index (κ2) is 3.29. The average Bonchev–Trinajstić information content (AvgIpc) is 2.82. The molecule has 0 spiro atoms. The van der Waals surface area contributed by atoms with Crippen LogP contribution in [0.15, 0.2) is 12.0 Å². The Kier molecular flexibility index (Phi) is 2.25. The monoisotopic (exact) mass is 282 g/mol. The molecule has 0 amide bonds. The van der Waals surface area contributed by atoms with Gasteiger partial charge in [-0.2, -0.15) is 16.8 Å². The van der Waals surface area contributed by atoms with Gasteiger partial charge in [0.2, 0.25) is 0 Å². The Labute approximate surface area is 98.6 Å². The van der Waals surface area contributed by atoms with E-state index in [0.29, 0.717) is 5.41 Å². The summed E-state index contributed by atoms with van der Waals surface area (Å²) in [6.45, 7) is 3.11. The van der Waals surface area contributed by atoms with Crippen molar-refractivity contribution in [1.29, 1.82) is 0 Å². The molecule has 3 fully saturated rings. The highest BCUT2D eigenvalue weighted by atomic mass is 32.2. The fourth-order valence-corrected chi connectivity index (χ4v) is 4.80. The van der Waals surface area contributed by atoms with E-state index in [1.807, 2.05) is 0 Å². The van der Waals surface area contributed by atoms with Crippen molar-refractivity contribution in [2.75, 3.05) is 0 Å². The number of hydrogen-bond acceptors (Lipinski definition) is 7. The van der Waals surface area contributed by atoms with Crippen molar-refractivity contribution in [2.45, 2.75) is 36.1 Å². The molecule has 0 saturated carbocycles. The number of hydrogen-bond donors (Lipinski definition) is 0. The third kappa shape index (κ3) is 1.57. The molecule has 3 aliphatic heterocycles. The maximum Gasteiger partial charge on any atom is 0.289 e. The minimum Gasteiger partial charge on any atom is -0.368 e. The third-order valence-corrected chi connectivity index (χ3v) is 5.83. The normalized spacial score (nSPS) is 46.2. The van der Waals surface area contributed by atoms with Crippen molar-refractivity contribution in [3.05, 3.63) is 12.0 Å². The molecule has 2 bridgehead atoms.